The highest BCUT2D eigenvalue weighted by atomic mass is 79.9. The molecule has 0 saturated carbocycles. The van der Waals surface area contributed by atoms with Crippen LogP contribution in [0.5, 0.6) is 11.5 Å². The van der Waals surface area contributed by atoms with Crippen molar-refractivity contribution in [2.75, 3.05) is 21.3 Å². The Bertz CT molecular complexity index is 634. The summed E-state index contributed by atoms with van der Waals surface area (Å²) < 4.78 is 25.3. The molecule has 0 spiro atoms. The van der Waals surface area contributed by atoms with Crippen molar-refractivity contribution in [3.8, 4) is 11.5 Å². The van der Waals surface area contributed by atoms with Gasteiger partial charge in [-0.25, -0.2) is 4.39 Å². The summed E-state index contributed by atoms with van der Waals surface area (Å²) >= 11 is 3.22. The van der Waals surface area contributed by atoms with E-state index < -0.39 is 0 Å². The molecular weight excluding hydrogens is 337 g/mol. The van der Waals surface area contributed by atoms with E-state index in [0.717, 1.165) is 5.56 Å². The third kappa shape index (κ3) is 3.19. The van der Waals surface area contributed by atoms with Crippen LogP contribution in [-0.4, -0.2) is 21.3 Å². The van der Waals surface area contributed by atoms with Crippen molar-refractivity contribution < 1.29 is 13.9 Å². The molecule has 2 rings (SSSR count). The average molecular weight is 354 g/mol. The third-order valence-electron chi connectivity index (χ3n) is 3.32. The molecule has 2 aromatic rings. The predicted octanol–water partition coefficient (Wildman–Crippen LogP) is 3.91. The van der Waals surface area contributed by atoms with Crippen LogP contribution < -0.4 is 14.8 Å². The second-order valence-electron chi connectivity index (χ2n) is 4.48. The van der Waals surface area contributed by atoms with Crippen LogP contribution in [0, 0.1) is 5.82 Å². The van der Waals surface area contributed by atoms with Crippen molar-refractivity contribution in [1.82, 2.24) is 5.32 Å². The monoisotopic (exact) mass is 353 g/mol. The molecule has 0 aliphatic heterocycles. The Morgan fingerprint density at radius 2 is 1.81 bits per heavy atom. The predicted molar refractivity (Wildman–Crippen MR) is 84.5 cm³/mol. The van der Waals surface area contributed by atoms with Crippen LogP contribution in [0.3, 0.4) is 0 Å². The van der Waals surface area contributed by atoms with Gasteiger partial charge in [-0.1, -0.05) is 18.2 Å². The second kappa shape index (κ2) is 6.91. The molecule has 0 saturated heterocycles. The van der Waals surface area contributed by atoms with Crippen molar-refractivity contribution >= 4 is 15.9 Å². The minimum atomic E-state index is -0.276. The molecule has 2 aromatic carbocycles. The molecular formula is C16H17BrFNO2. The number of hydrogen-bond acceptors (Lipinski definition) is 3. The fourth-order valence-electron chi connectivity index (χ4n) is 2.28. The van der Waals surface area contributed by atoms with Gasteiger partial charge >= 0.3 is 0 Å². The molecule has 0 aliphatic rings. The summed E-state index contributed by atoms with van der Waals surface area (Å²) in [6, 6.07) is 10.5. The van der Waals surface area contributed by atoms with Crippen LogP contribution in [0.1, 0.15) is 17.2 Å². The summed E-state index contributed by atoms with van der Waals surface area (Å²) in [7, 11) is 4.96. The van der Waals surface area contributed by atoms with E-state index >= 15 is 0 Å². The lowest BCUT2D eigenvalue weighted by Gasteiger charge is -2.20. The van der Waals surface area contributed by atoms with Gasteiger partial charge in [0.05, 0.1) is 24.7 Å². The number of rotatable bonds is 5. The SMILES string of the molecule is CNC(c1ccc(OC)c(OC)c1)c1cccc(Br)c1F. The maximum atomic E-state index is 14.3. The smallest absolute Gasteiger partial charge is 0.161 e. The molecule has 3 nitrogen and oxygen atoms in total. The number of methoxy groups -OCH3 is 2. The van der Waals surface area contributed by atoms with Gasteiger partial charge in [-0.3, -0.25) is 0 Å². The molecule has 5 heteroatoms. The van der Waals surface area contributed by atoms with E-state index in [4.69, 9.17) is 9.47 Å². The molecule has 0 radical (unpaired) electrons. The minimum Gasteiger partial charge on any atom is -0.493 e. The number of halogens is 2. The van der Waals surface area contributed by atoms with E-state index in [1.54, 1.807) is 33.4 Å². The van der Waals surface area contributed by atoms with E-state index in [2.05, 4.69) is 21.2 Å². The van der Waals surface area contributed by atoms with Gasteiger partial charge in [-0.05, 0) is 46.7 Å². The van der Waals surface area contributed by atoms with Gasteiger partial charge in [0.15, 0.2) is 11.5 Å². The summed E-state index contributed by atoms with van der Waals surface area (Å²) in [6.45, 7) is 0. The zero-order valence-corrected chi connectivity index (χ0v) is 13.7. The number of benzene rings is 2. The first kappa shape index (κ1) is 15.8. The van der Waals surface area contributed by atoms with Crippen LogP contribution in [0.4, 0.5) is 4.39 Å². The average Bonchev–Trinajstić information content (AvgIpc) is 2.51. The number of hydrogen-bond donors (Lipinski definition) is 1. The van der Waals surface area contributed by atoms with Gasteiger partial charge in [-0.2, -0.15) is 0 Å². The molecule has 1 N–H and O–H groups in total. The van der Waals surface area contributed by atoms with E-state index in [-0.39, 0.29) is 11.9 Å². The lowest BCUT2D eigenvalue weighted by Crippen LogP contribution is -2.19. The van der Waals surface area contributed by atoms with Crippen LogP contribution in [0.2, 0.25) is 0 Å². The zero-order valence-electron chi connectivity index (χ0n) is 12.1. The van der Waals surface area contributed by atoms with Crippen molar-refractivity contribution in [3.63, 3.8) is 0 Å². The largest absolute Gasteiger partial charge is 0.493 e. The molecule has 0 aromatic heterocycles. The van der Waals surface area contributed by atoms with Gasteiger partial charge in [0.2, 0.25) is 0 Å². The fraction of sp³-hybridized carbons (Fsp3) is 0.250. The Hall–Kier alpha value is -1.59. The van der Waals surface area contributed by atoms with Gasteiger partial charge in [0, 0.05) is 5.56 Å². The summed E-state index contributed by atoms with van der Waals surface area (Å²) in [6.07, 6.45) is 0. The van der Waals surface area contributed by atoms with Crippen LogP contribution >= 0.6 is 15.9 Å². The standard InChI is InChI=1S/C16H17BrFNO2/c1-19-16(11-5-4-6-12(17)15(11)18)10-7-8-13(20-2)14(9-10)21-3/h4-9,16,19H,1-3H3. The molecule has 0 aliphatic carbocycles. The maximum absolute atomic E-state index is 14.3. The Kier molecular flexibility index (Phi) is 5.20. The first-order valence-electron chi connectivity index (χ1n) is 6.45. The lowest BCUT2D eigenvalue weighted by atomic mass is 9.98. The summed E-state index contributed by atoms with van der Waals surface area (Å²) in [5.74, 6) is 0.989. The van der Waals surface area contributed by atoms with Crippen molar-refractivity contribution in [2.45, 2.75) is 6.04 Å². The fourth-order valence-corrected chi connectivity index (χ4v) is 2.66. The Morgan fingerprint density at radius 1 is 1.10 bits per heavy atom. The van der Waals surface area contributed by atoms with E-state index in [0.29, 0.717) is 21.5 Å². The maximum Gasteiger partial charge on any atom is 0.161 e. The van der Waals surface area contributed by atoms with Gasteiger partial charge in [-0.15, -0.1) is 0 Å². The zero-order chi connectivity index (χ0) is 15.4. The molecule has 0 fully saturated rings. The lowest BCUT2D eigenvalue weighted by molar-refractivity contribution is 0.354. The topological polar surface area (TPSA) is 30.5 Å². The normalized spacial score (nSPS) is 12.0. The van der Waals surface area contributed by atoms with E-state index in [1.807, 2.05) is 24.3 Å². The molecule has 0 bridgehead atoms. The molecule has 1 atom stereocenters. The summed E-state index contributed by atoms with van der Waals surface area (Å²) in [4.78, 5) is 0. The van der Waals surface area contributed by atoms with Crippen molar-refractivity contribution in [1.29, 1.82) is 0 Å². The molecule has 0 amide bonds. The number of nitrogens with one attached hydrogen (secondary N) is 1. The quantitative estimate of drug-likeness (QED) is 0.883. The van der Waals surface area contributed by atoms with Crippen LogP contribution in [0.15, 0.2) is 40.9 Å². The van der Waals surface area contributed by atoms with E-state index in [9.17, 15) is 4.39 Å². The van der Waals surface area contributed by atoms with Gasteiger partial charge in [0.1, 0.15) is 5.82 Å². The highest BCUT2D eigenvalue weighted by molar-refractivity contribution is 9.10. The molecule has 0 heterocycles. The Labute approximate surface area is 132 Å². The summed E-state index contributed by atoms with van der Waals surface area (Å²) in [5, 5.41) is 3.13. The highest BCUT2D eigenvalue weighted by Crippen LogP contribution is 2.33. The summed E-state index contributed by atoms with van der Waals surface area (Å²) in [5.41, 5.74) is 1.46. The van der Waals surface area contributed by atoms with Crippen LogP contribution in [-0.2, 0) is 0 Å². The molecule has 1 unspecified atom stereocenters. The minimum absolute atomic E-state index is 0.272. The second-order valence-corrected chi connectivity index (χ2v) is 5.33. The number of ether oxygens (including phenoxy) is 2. The van der Waals surface area contributed by atoms with Crippen molar-refractivity contribution in [3.05, 3.63) is 57.8 Å². The highest BCUT2D eigenvalue weighted by Gasteiger charge is 2.19. The first-order valence-corrected chi connectivity index (χ1v) is 7.24. The Morgan fingerprint density at radius 3 is 2.43 bits per heavy atom. The first-order chi connectivity index (χ1) is 10.1. The molecule has 112 valence electrons. The van der Waals surface area contributed by atoms with Crippen LogP contribution in [0.25, 0.3) is 0 Å². The van der Waals surface area contributed by atoms with Gasteiger partial charge < -0.3 is 14.8 Å². The Balaban J connectivity index is 2.49. The van der Waals surface area contributed by atoms with E-state index in [1.165, 1.54) is 0 Å². The van der Waals surface area contributed by atoms with Gasteiger partial charge in [0.25, 0.3) is 0 Å². The molecule has 21 heavy (non-hydrogen) atoms. The van der Waals surface area contributed by atoms with Crippen molar-refractivity contribution in [2.24, 2.45) is 0 Å². The third-order valence-corrected chi connectivity index (χ3v) is 3.93.